The largest absolute Gasteiger partial charge is 0.476 e. The summed E-state index contributed by atoms with van der Waals surface area (Å²) in [6.45, 7) is -1.43. The van der Waals surface area contributed by atoms with Crippen LogP contribution in [0, 0.1) is 0 Å². The summed E-state index contributed by atoms with van der Waals surface area (Å²) < 4.78 is 39.4. The van der Waals surface area contributed by atoms with Gasteiger partial charge in [-0.2, -0.15) is 13.2 Å². The van der Waals surface area contributed by atoms with E-state index in [0.717, 1.165) is 11.3 Å². The van der Waals surface area contributed by atoms with Crippen molar-refractivity contribution in [3.8, 4) is 0 Å². The fraction of sp³-hybridized carbons (Fsp3) is 0.500. The van der Waals surface area contributed by atoms with E-state index in [2.05, 4.69) is 9.72 Å². The van der Waals surface area contributed by atoms with Gasteiger partial charge in [-0.05, 0) is 0 Å². The summed E-state index contributed by atoms with van der Waals surface area (Å²) in [5.41, 5.74) is -0.101. The molecule has 0 unspecified atom stereocenters. The highest BCUT2D eigenvalue weighted by atomic mass is 32.1. The number of alkyl halides is 3. The Morgan fingerprint density at radius 2 is 2.25 bits per heavy atom. The average molecular weight is 255 g/mol. The van der Waals surface area contributed by atoms with Crippen molar-refractivity contribution in [1.29, 1.82) is 0 Å². The van der Waals surface area contributed by atoms with Crippen molar-refractivity contribution in [2.75, 3.05) is 13.2 Å². The third-order valence-electron chi connectivity index (χ3n) is 1.50. The molecule has 0 saturated heterocycles. The van der Waals surface area contributed by atoms with Crippen LogP contribution in [0.2, 0.25) is 0 Å². The second kappa shape index (κ2) is 5.26. The van der Waals surface area contributed by atoms with Crippen LogP contribution >= 0.6 is 11.3 Å². The highest BCUT2D eigenvalue weighted by molar-refractivity contribution is 7.09. The lowest BCUT2D eigenvalue weighted by atomic mass is 10.4. The van der Waals surface area contributed by atoms with Crippen LogP contribution in [0.25, 0.3) is 0 Å². The molecule has 1 aromatic rings. The quantitative estimate of drug-likeness (QED) is 0.817. The number of carboxylic acid groups (broad SMARTS) is 1. The molecule has 1 heterocycles. The number of hydrogen-bond donors (Lipinski definition) is 1. The van der Waals surface area contributed by atoms with Crippen LogP contribution < -0.4 is 0 Å². The number of ether oxygens (including phenoxy) is 1. The smallest absolute Gasteiger partial charge is 0.411 e. The number of hydrogen-bond acceptors (Lipinski definition) is 4. The number of aromatic nitrogens is 1. The van der Waals surface area contributed by atoms with E-state index in [1.54, 1.807) is 0 Å². The van der Waals surface area contributed by atoms with Crippen LogP contribution in [0.15, 0.2) is 5.38 Å². The molecule has 4 nitrogen and oxygen atoms in total. The van der Waals surface area contributed by atoms with E-state index < -0.39 is 18.8 Å². The molecule has 0 atom stereocenters. The first-order chi connectivity index (χ1) is 7.38. The van der Waals surface area contributed by atoms with E-state index in [1.165, 1.54) is 5.38 Å². The minimum absolute atomic E-state index is 0.101. The summed E-state index contributed by atoms with van der Waals surface area (Å²) in [6, 6.07) is 0. The topological polar surface area (TPSA) is 59.4 Å². The highest BCUT2D eigenvalue weighted by Crippen LogP contribution is 2.15. The van der Waals surface area contributed by atoms with Gasteiger partial charge in [-0.3, -0.25) is 0 Å². The molecule has 0 saturated carbocycles. The predicted molar refractivity (Wildman–Crippen MR) is 49.7 cm³/mol. The normalized spacial score (nSPS) is 11.7. The number of aromatic carboxylic acids is 1. The Hall–Kier alpha value is -1.15. The van der Waals surface area contributed by atoms with Crippen LogP contribution in [0.1, 0.15) is 15.5 Å². The fourth-order valence-corrected chi connectivity index (χ4v) is 1.62. The molecule has 1 N–H and O–H groups in total. The van der Waals surface area contributed by atoms with E-state index in [-0.39, 0.29) is 18.7 Å². The minimum Gasteiger partial charge on any atom is -0.476 e. The van der Waals surface area contributed by atoms with Gasteiger partial charge in [0.1, 0.15) is 6.61 Å². The average Bonchev–Trinajstić information content (AvgIpc) is 2.59. The molecule has 1 aromatic heterocycles. The van der Waals surface area contributed by atoms with Crippen molar-refractivity contribution < 1.29 is 27.8 Å². The van der Waals surface area contributed by atoms with Crippen LogP contribution in [-0.4, -0.2) is 35.4 Å². The molecule has 0 aliphatic heterocycles. The second-order valence-corrected chi connectivity index (χ2v) is 3.79. The van der Waals surface area contributed by atoms with Crippen LogP contribution in [-0.2, 0) is 11.2 Å². The van der Waals surface area contributed by atoms with Gasteiger partial charge in [0.05, 0.1) is 11.6 Å². The Labute approximate surface area is 92.7 Å². The van der Waals surface area contributed by atoms with Crippen molar-refractivity contribution in [3.05, 3.63) is 16.1 Å². The Kier molecular flexibility index (Phi) is 4.25. The number of carboxylic acids is 1. The molecular formula is C8H8F3NO3S. The van der Waals surface area contributed by atoms with E-state index in [9.17, 15) is 18.0 Å². The molecule has 0 spiro atoms. The summed E-state index contributed by atoms with van der Waals surface area (Å²) >= 11 is 1.08. The van der Waals surface area contributed by atoms with Gasteiger partial charge in [0.2, 0.25) is 0 Å². The molecule has 90 valence electrons. The molecule has 8 heteroatoms. The first-order valence-electron chi connectivity index (χ1n) is 4.20. The first kappa shape index (κ1) is 12.9. The van der Waals surface area contributed by atoms with E-state index in [4.69, 9.17) is 5.11 Å². The van der Waals surface area contributed by atoms with Gasteiger partial charge >= 0.3 is 12.1 Å². The monoisotopic (exact) mass is 255 g/mol. The Balaban J connectivity index is 2.30. The Morgan fingerprint density at radius 3 is 2.75 bits per heavy atom. The Morgan fingerprint density at radius 1 is 1.56 bits per heavy atom. The van der Waals surface area contributed by atoms with Crippen molar-refractivity contribution in [3.63, 3.8) is 0 Å². The maximum atomic E-state index is 11.7. The lowest BCUT2D eigenvalue weighted by molar-refractivity contribution is -0.173. The summed E-state index contributed by atoms with van der Waals surface area (Å²) in [7, 11) is 0. The third kappa shape index (κ3) is 4.58. The summed E-state index contributed by atoms with van der Waals surface area (Å²) in [5.74, 6) is -1.15. The number of carbonyl (C=O) groups is 1. The molecule has 0 bridgehead atoms. The van der Waals surface area contributed by atoms with E-state index in [0.29, 0.717) is 5.01 Å². The number of halogens is 3. The van der Waals surface area contributed by atoms with Crippen molar-refractivity contribution in [2.45, 2.75) is 12.6 Å². The second-order valence-electron chi connectivity index (χ2n) is 2.85. The zero-order valence-corrected chi connectivity index (χ0v) is 8.77. The van der Waals surface area contributed by atoms with Crippen LogP contribution in [0.3, 0.4) is 0 Å². The summed E-state index contributed by atoms with van der Waals surface area (Å²) in [6.07, 6.45) is -4.16. The lowest BCUT2D eigenvalue weighted by Crippen LogP contribution is -2.17. The molecule has 0 radical (unpaired) electrons. The first-order valence-corrected chi connectivity index (χ1v) is 5.08. The molecule has 0 fully saturated rings. The SMILES string of the molecule is O=C(O)c1csc(CCOCC(F)(F)F)n1. The zero-order chi connectivity index (χ0) is 12.2. The molecule has 0 aliphatic carbocycles. The molecule has 16 heavy (non-hydrogen) atoms. The van der Waals surface area contributed by atoms with Gasteiger partial charge in [0.15, 0.2) is 5.69 Å². The fourth-order valence-electron chi connectivity index (χ4n) is 0.871. The predicted octanol–water partition coefficient (Wildman–Crippen LogP) is 1.96. The van der Waals surface area contributed by atoms with Crippen LogP contribution in [0.4, 0.5) is 13.2 Å². The van der Waals surface area contributed by atoms with E-state index in [1.807, 2.05) is 0 Å². The zero-order valence-electron chi connectivity index (χ0n) is 7.95. The van der Waals surface area contributed by atoms with Crippen molar-refractivity contribution in [1.82, 2.24) is 4.98 Å². The van der Waals surface area contributed by atoms with Gasteiger partial charge < -0.3 is 9.84 Å². The summed E-state index contributed by atoms with van der Waals surface area (Å²) in [5, 5.41) is 10.3. The minimum atomic E-state index is -4.34. The Bertz CT molecular complexity index is 364. The lowest BCUT2D eigenvalue weighted by Gasteiger charge is -2.05. The standard InChI is InChI=1S/C8H8F3NO3S/c9-8(10,11)4-15-2-1-6-12-5(3-16-6)7(13)14/h3H,1-2,4H2,(H,13,14). The molecule has 0 aromatic carbocycles. The van der Waals surface area contributed by atoms with Gasteiger partial charge in [0.25, 0.3) is 0 Å². The summed E-state index contributed by atoms with van der Waals surface area (Å²) in [4.78, 5) is 14.1. The van der Waals surface area contributed by atoms with Gasteiger partial charge in [-0.25, -0.2) is 9.78 Å². The van der Waals surface area contributed by atoms with E-state index >= 15 is 0 Å². The van der Waals surface area contributed by atoms with Crippen LogP contribution in [0.5, 0.6) is 0 Å². The number of nitrogens with zero attached hydrogens (tertiary/aromatic N) is 1. The highest BCUT2D eigenvalue weighted by Gasteiger charge is 2.27. The van der Waals surface area contributed by atoms with Gasteiger partial charge in [-0.1, -0.05) is 0 Å². The third-order valence-corrected chi connectivity index (χ3v) is 2.41. The molecule has 1 rings (SSSR count). The number of rotatable bonds is 5. The maximum Gasteiger partial charge on any atom is 0.411 e. The van der Waals surface area contributed by atoms with Gasteiger partial charge in [-0.15, -0.1) is 11.3 Å². The molecule has 0 aliphatic rings. The van der Waals surface area contributed by atoms with Crippen molar-refractivity contribution in [2.24, 2.45) is 0 Å². The maximum absolute atomic E-state index is 11.7. The van der Waals surface area contributed by atoms with Gasteiger partial charge in [0, 0.05) is 11.8 Å². The molecule has 0 amide bonds. The van der Waals surface area contributed by atoms with Crippen molar-refractivity contribution >= 4 is 17.3 Å². The molecular weight excluding hydrogens is 247 g/mol. The number of thiazole rings is 1.